The molecule has 0 atom stereocenters. The van der Waals surface area contributed by atoms with Gasteiger partial charge >= 0.3 is 0 Å². The number of methoxy groups -OCH3 is 1. The number of hydrogen-bond acceptors (Lipinski definition) is 6. The summed E-state index contributed by atoms with van der Waals surface area (Å²) in [6.07, 6.45) is 0. The van der Waals surface area contributed by atoms with Crippen LogP contribution in [0.3, 0.4) is 0 Å². The second-order valence-electron chi connectivity index (χ2n) is 5.95. The summed E-state index contributed by atoms with van der Waals surface area (Å²) in [5.41, 5.74) is 3.17. The van der Waals surface area contributed by atoms with Gasteiger partial charge in [0.15, 0.2) is 16.7 Å². The molecule has 28 heavy (non-hydrogen) atoms. The number of amides is 1. The SMILES string of the molecule is CCn1nnc2cc(C(=O)Nc3nc(-c4ccc(OC)c(F)c4)cs3)ccc21. The van der Waals surface area contributed by atoms with Crippen LogP contribution in [0.5, 0.6) is 5.75 Å². The molecule has 9 heteroatoms. The molecule has 7 nitrogen and oxygen atoms in total. The topological polar surface area (TPSA) is 81.9 Å². The molecule has 0 spiro atoms. The first-order valence-corrected chi connectivity index (χ1v) is 9.41. The first kappa shape index (κ1) is 18.1. The zero-order valence-electron chi connectivity index (χ0n) is 15.1. The molecule has 0 aliphatic carbocycles. The number of carbonyl (C=O) groups excluding carboxylic acids is 1. The molecule has 4 rings (SSSR count). The lowest BCUT2D eigenvalue weighted by atomic mass is 10.1. The number of ether oxygens (including phenoxy) is 1. The Bertz CT molecular complexity index is 1170. The maximum absolute atomic E-state index is 13.9. The van der Waals surface area contributed by atoms with Crippen LogP contribution < -0.4 is 10.1 Å². The summed E-state index contributed by atoms with van der Waals surface area (Å²) in [7, 11) is 1.41. The molecule has 0 unspecified atom stereocenters. The highest BCUT2D eigenvalue weighted by Crippen LogP contribution is 2.28. The number of halogens is 1. The number of hydrogen-bond donors (Lipinski definition) is 1. The standard InChI is InChI=1S/C19H16FN5O2S/c1-3-25-16-6-4-12(9-14(16)23-24-25)18(26)22-19-21-15(10-28-19)11-5-7-17(27-2)13(20)8-11/h4-10H,3H2,1-2H3,(H,21,22,26). The molecule has 0 bridgehead atoms. The van der Waals surface area contributed by atoms with E-state index >= 15 is 0 Å². The minimum atomic E-state index is -0.466. The normalized spacial score (nSPS) is 11.0. The molecule has 0 saturated heterocycles. The maximum atomic E-state index is 13.9. The van der Waals surface area contributed by atoms with E-state index in [1.165, 1.54) is 24.5 Å². The van der Waals surface area contributed by atoms with E-state index in [-0.39, 0.29) is 11.7 Å². The summed E-state index contributed by atoms with van der Waals surface area (Å²) < 4.78 is 20.6. The van der Waals surface area contributed by atoms with Crippen LogP contribution in [0.2, 0.25) is 0 Å². The van der Waals surface area contributed by atoms with Crippen molar-refractivity contribution in [1.82, 2.24) is 20.0 Å². The Morgan fingerprint density at radius 1 is 1.29 bits per heavy atom. The number of carbonyl (C=O) groups is 1. The Morgan fingerprint density at radius 3 is 2.89 bits per heavy atom. The number of fused-ring (bicyclic) bond motifs is 1. The Hall–Kier alpha value is -3.33. The zero-order chi connectivity index (χ0) is 19.7. The van der Waals surface area contributed by atoms with Gasteiger partial charge in [-0.3, -0.25) is 10.1 Å². The Labute approximate surface area is 163 Å². The monoisotopic (exact) mass is 397 g/mol. The minimum absolute atomic E-state index is 0.169. The number of thiazole rings is 1. The summed E-state index contributed by atoms with van der Waals surface area (Å²) in [5, 5.41) is 13.1. The van der Waals surface area contributed by atoms with E-state index in [2.05, 4.69) is 20.6 Å². The fraction of sp³-hybridized carbons (Fsp3) is 0.158. The molecular weight excluding hydrogens is 381 g/mol. The molecule has 0 aliphatic rings. The summed E-state index contributed by atoms with van der Waals surface area (Å²) in [4.78, 5) is 16.9. The molecule has 0 aliphatic heterocycles. The first-order valence-electron chi connectivity index (χ1n) is 8.53. The fourth-order valence-electron chi connectivity index (χ4n) is 2.81. The zero-order valence-corrected chi connectivity index (χ0v) is 16.0. The van der Waals surface area contributed by atoms with Gasteiger partial charge in [-0.25, -0.2) is 14.1 Å². The molecule has 2 aromatic heterocycles. The Morgan fingerprint density at radius 2 is 2.14 bits per heavy atom. The van der Waals surface area contributed by atoms with E-state index in [9.17, 15) is 9.18 Å². The third-order valence-corrected chi connectivity index (χ3v) is 5.01. The van der Waals surface area contributed by atoms with Gasteiger partial charge in [-0.15, -0.1) is 16.4 Å². The Kier molecular flexibility index (Phi) is 4.74. The molecule has 0 saturated carbocycles. The maximum Gasteiger partial charge on any atom is 0.257 e. The molecule has 2 heterocycles. The number of rotatable bonds is 5. The quantitative estimate of drug-likeness (QED) is 0.551. The van der Waals surface area contributed by atoms with Crippen LogP contribution in [0, 0.1) is 5.82 Å². The predicted octanol–water partition coefficient (Wildman–Crippen LogP) is 3.97. The van der Waals surface area contributed by atoms with Crippen LogP contribution in [0.1, 0.15) is 17.3 Å². The molecule has 1 N–H and O–H groups in total. The lowest BCUT2D eigenvalue weighted by molar-refractivity contribution is 0.102. The number of nitrogens with one attached hydrogen (secondary N) is 1. The third kappa shape index (κ3) is 3.31. The number of anilines is 1. The highest BCUT2D eigenvalue weighted by molar-refractivity contribution is 7.14. The van der Waals surface area contributed by atoms with Crippen LogP contribution >= 0.6 is 11.3 Å². The third-order valence-electron chi connectivity index (χ3n) is 4.25. The van der Waals surface area contributed by atoms with Crippen LogP contribution in [0.4, 0.5) is 9.52 Å². The van der Waals surface area contributed by atoms with E-state index in [1.54, 1.807) is 34.3 Å². The van der Waals surface area contributed by atoms with Crippen LogP contribution in [0.25, 0.3) is 22.3 Å². The van der Waals surface area contributed by atoms with E-state index in [1.807, 2.05) is 13.0 Å². The molecule has 2 aromatic carbocycles. The van der Waals surface area contributed by atoms with Crippen molar-refractivity contribution < 1.29 is 13.9 Å². The van der Waals surface area contributed by atoms with Gasteiger partial charge in [0.1, 0.15) is 5.52 Å². The molecular formula is C19H16FN5O2S. The number of aryl methyl sites for hydroxylation is 1. The van der Waals surface area contributed by atoms with Gasteiger partial charge in [-0.1, -0.05) is 5.21 Å². The first-order chi connectivity index (χ1) is 13.6. The van der Waals surface area contributed by atoms with Crippen molar-refractivity contribution in [3.8, 4) is 17.0 Å². The van der Waals surface area contributed by atoms with Gasteiger partial charge in [0, 0.05) is 23.1 Å². The molecule has 4 aromatic rings. The lowest BCUT2D eigenvalue weighted by Crippen LogP contribution is -2.11. The molecule has 0 radical (unpaired) electrons. The van der Waals surface area contributed by atoms with Crippen LogP contribution in [-0.2, 0) is 6.54 Å². The summed E-state index contributed by atoms with van der Waals surface area (Å²) in [5.74, 6) is -0.593. The number of aromatic nitrogens is 4. The van der Waals surface area contributed by atoms with Crippen molar-refractivity contribution in [1.29, 1.82) is 0 Å². The van der Waals surface area contributed by atoms with E-state index < -0.39 is 5.82 Å². The smallest absolute Gasteiger partial charge is 0.257 e. The van der Waals surface area contributed by atoms with Crippen LogP contribution in [0.15, 0.2) is 41.8 Å². The van der Waals surface area contributed by atoms with Crippen LogP contribution in [-0.4, -0.2) is 33.0 Å². The average Bonchev–Trinajstić information content (AvgIpc) is 3.34. The van der Waals surface area contributed by atoms with Gasteiger partial charge in [-0.05, 0) is 43.3 Å². The van der Waals surface area contributed by atoms with Gasteiger partial charge in [-0.2, -0.15) is 0 Å². The largest absolute Gasteiger partial charge is 0.494 e. The summed E-state index contributed by atoms with van der Waals surface area (Å²) in [6.45, 7) is 2.68. The van der Waals surface area contributed by atoms with E-state index in [4.69, 9.17) is 4.74 Å². The Balaban J connectivity index is 1.53. The van der Waals surface area contributed by atoms with Crippen molar-refractivity contribution >= 4 is 33.4 Å². The summed E-state index contributed by atoms with van der Waals surface area (Å²) in [6, 6.07) is 9.85. The highest BCUT2D eigenvalue weighted by atomic mass is 32.1. The van der Waals surface area contributed by atoms with Crippen molar-refractivity contribution in [3.63, 3.8) is 0 Å². The molecule has 1 amide bonds. The van der Waals surface area contributed by atoms with Crippen molar-refractivity contribution in [2.24, 2.45) is 0 Å². The second kappa shape index (κ2) is 7.35. The van der Waals surface area contributed by atoms with Gasteiger partial charge in [0.2, 0.25) is 0 Å². The molecule has 0 fully saturated rings. The lowest BCUT2D eigenvalue weighted by Gasteiger charge is -2.03. The van der Waals surface area contributed by atoms with Gasteiger partial charge < -0.3 is 4.74 Å². The second-order valence-corrected chi connectivity index (χ2v) is 6.81. The predicted molar refractivity (Wildman–Crippen MR) is 105 cm³/mol. The van der Waals surface area contributed by atoms with E-state index in [0.29, 0.717) is 34.0 Å². The van der Waals surface area contributed by atoms with Gasteiger partial charge in [0.25, 0.3) is 5.91 Å². The average molecular weight is 397 g/mol. The van der Waals surface area contributed by atoms with E-state index in [0.717, 1.165) is 5.52 Å². The van der Waals surface area contributed by atoms with Crippen molar-refractivity contribution in [2.45, 2.75) is 13.5 Å². The molecule has 142 valence electrons. The van der Waals surface area contributed by atoms with Crippen molar-refractivity contribution in [3.05, 3.63) is 53.2 Å². The number of benzene rings is 2. The summed E-state index contributed by atoms with van der Waals surface area (Å²) >= 11 is 1.27. The highest BCUT2D eigenvalue weighted by Gasteiger charge is 2.13. The fourth-order valence-corrected chi connectivity index (χ4v) is 3.52. The van der Waals surface area contributed by atoms with Gasteiger partial charge in [0.05, 0.1) is 18.3 Å². The minimum Gasteiger partial charge on any atom is -0.494 e. The van der Waals surface area contributed by atoms with Crippen molar-refractivity contribution in [2.75, 3.05) is 12.4 Å². The number of nitrogens with zero attached hydrogens (tertiary/aromatic N) is 4.